The van der Waals surface area contributed by atoms with Gasteiger partial charge >= 0.3 is 0 Å². The van der Waals surface area contributed by atoms with E-state index >= 15 is 0 Å². The van der Waals surface area contributed by atoms with Gasteiger partial charge in [-0.3, -0.25) is 0 Å². The van der Waals surface area contributed by atoms with Crippen molar-refractivity contribution in [1.82, 2.24) is 10.3 Å². The lowest BCUT2D eigenvalue weighted by Crippen LogP contribution is -2.21. The maximum Gasteiger partial charge on any atom is 0.119 e. The number of hydrogen-bond donors (Lipinski definition) is 1. The van der Waals surface area contributed by atoms with Gasteiger partial charge in [0.2, 0.25) is 0 Å². The van der Waals surface area contributed by atoms with Crippen LogP contribution in [0.4, 0.5) is 0 Å². The highest BCUT2D eigenvalue weighted by Gasteiger charge is 2.16. The van der Waals surface area contributed by atoms with Gasteiger partial charge in [-0.15, -0.1) is 11.3 Å². The number of rotatable bonds is 6. The molecule has 1 aromatic carbocycles. The summed E-state index contributed by atoms with van der Waals surface area (Å²) in [5, 5.41) is 4.61. The third kappa shape index (κ3) is 3.55. The smallest absolute Gasteiger partial charge is 0.119 e. The molecule has 0 bridgehead atoms. The molecule has 0 amide bonds. The van der Waals surface area contributed by atoms with Crippen LogP contribution in [0.25, 0.3) is 0 Å². The van der Waals surface area contributed by atoms with Gasteiger partial charge in [0.25, 0.3) is 0 Å². The first-order valence-corrected chi connectivity index (χ1v) is 7.44. The van der Waals surface area contributed by atoms with Crippen LogP contribution in [0.15, 0.2) is 30.5 Å². The first-order valence-electron chi connectivity index (χ1n) is 6.63. The maximum atomic E-state index is 5.58. The fraction of sp³-hybridized carbons (Fsp3) is 0.400. The highest BCUT2D eigenvalue weighted by molar-refractivity contribution is 7.11. The van der Waals surface area contributed by atoms with E-state index < -0.39 is 0 Å². The Morgan fingerprint density at radius 3 is 2.84 bits per heavy atom. The van der Waals surface area contributed by atoms with Crippen LogP contribution in [0, 0.1) is 6.92 Å². The standard InChI is InChI=1S/C15H20N2OS/c1-4-16-15(14-10-17-11(3)19-14)12-7-6-8-13(9-12)18-5-2/h6-10,15-16H,4-5H2,1-3H3. The van der Waals surface area contributed by atoms with Crippen molar-refractivity contribution in [3.05, 3.63) is 45.9 Å². The summed E-state index contributed by atoms with van der Waals surface area (Å²) in [4.78, 5) is 5.59. The topological polar surface area (TPSA) is 34.1 Å². The predicted molar refractivity (Wildman–Crippen MR) is 80.0 cm³/mol. The van der Waals surface area contributed by atoms with E-state index in [1.165, 1.54) is 10.4 Å². The van der Waals surface area contributed by atoms with Crippen molar-refractivity contribution in [3.63, 3.8) is 0 Å². The molecule has 3 nitrogen and oxygen atoms in total. The molecule has 0 aliphatic heterocycles. The Morgan fingerprint density at radius 2 is 2.21 bits per heavy atom. The van der Waals surface area contributed by atoms with Crippen LogP contribution in [0.1, 0.15) is 35.3 Å². The van der Waals surface area contributed by atoms with Crippen molar-refractivity contribution < 1.29 is 4.74 Å². The quantitative estimate of drug-likeness (QED) is 0.876. The Kier molecular flexibility index (Phi) is 4.93. The monoisotopic (exact) mass is 276 g/mol. The largest absolute Gasteiger partial charge is 0.494 e. The van der Waals surface area contributed by atoms with E-state index in [4.69, 9.17) is 4.74 Å². The summed E-state index contributed by atoms with van der Waals surface area (Å²) in [7, 11) is 0. The molecule has 1 aromatic heterocycles. The Hall–Kier alpha value is -1.39. The molecule has 0 saturated heterocycles. The van der Waals surface area contributed by atoms with Gasteiger partial charge in [0.05, 0.1) is 17.7 Å². The molecule has 4 heteroatoms. The van der Waals surface area contributed by atoms with Crippen LogP contribution in [0.2, 0.25) is 0 Å². The summed E-state index contributed by atoms with van der Waals surface area (Å²) in [6, 6.07) is 8.46. The SMILES string of the molecule is CCNC(c1cccc(OCC)c1)c1cnc(C)s1. The number of thiazole rings is 1. The van der Waals surface area contributed by atoms with Crippen LogP contribution < -0.4 is 10.1 Å². The minimum absolute atomic E-state index is 0.191. The van der Waals surface area contributed by atoms with E-state index in [2.05, 4.69) is 29.4 Å². The minimum Gasteiger partial charge on any atom is -0.494 e. The molecule has 1 heterocycles. The zero-order valence-electron chi connectivity index (χ0n) is 11.6. The average Bonchev–Trinajstić information content (AvgIpc) is 2.83. The number of hydrogen-bond acceptors (Lipinski definition) is 4. The summed E-state index contributed by atoms with van der Waals surface area (Å²) in [5.74, 6) is 0.921. The van der Waals surface area contributed by atoms with E-state index in [0.717, 1.165) is 17.3 Å². The number of aromatic nitrogens is 1. The third-order valence-corrected chi connectivity index (χ3v) is 3.81. The van der Waals surface area contributed by atoms with Gasteiger partial charge in [-0.1, -0.05) is 19.1 Å². The number of nitrogens with one attached hydrogen (secondary N) is 1. The van der Waals surface area contributed by atoms with Gasteiger partial charge in [0, 0.05) is 11.1 Å². The predicted octanol–water partition coefficient (Wildman–Crippen LogP) is 3.55. The van der Waals surface area contributed by atoms with Crippen molar-refractivity contribution >= 4 is 11.3 Å². The second-order valence-electron chi connectivity index (χ2n) is 4.28. The molecule has 0 radical (unpaired) electrons. The highest BCUT2D eigenvalue weighted by Crippen LogP contribution is 2.28. The maximum absolute atomic E-state index is 5.58. The van der Waals surface area contributed by atoms with Crippen LogP contribution in [-0.4, -0.2) is 18.1 Å². The van der Waals surface area contributed by atoms with E-state index in [1.807, 2.05) is 32.2 Å². The van der Waals surface area contributed by atoms with Gasteiger partial charge < -0.3 is 10.1 Å². The second-order valence-corrected chi connectivity index (χ2v) is 5.54. The molecular weight excluding hydrogens is 256 g/mol. The zero-order valence-corrected chi connectivity index (χ0v) is 12.5. The van der Waals surface area contributed by atoms with Gasteiger partial charge in [0.1, 0.15) is 5.75 Å². The van der Waals surface area contributed by atoms with Crippen molar-refractivity contribution in [2.24, 2.45) is 0 Å². The van der Waals surface area contributed by atoms with E-state index in [-0.39, 0.29) is 6.04 Å². The zero-order chi connectivity index (χ0) is 13.7. The molecule has 1 unspecified atom stereocenters. The van der Waals surface area contributed by atoms with Crippen molar-refractivity contribution in [2.45, 2.75) is 26.8 Å². The van der Waals surface area contributed by atoms with E-state index in [9.17, 15) is 0 Å². The van der Waals surface area contributed by atoms with Crippen LogP contribution in [0.5, 0.6) is 5.75 Å². The lowest BCUT2D eigenvalue weighted by Gasteiger charge is -2.17. The first-order chi connectivity index (χ1) is 9.24. The van der Waals surface area contributed by atoms with Crippen molar-refractivity contribution in [3.8, 4) is 5.75 Å². The van der Waals surface area contributed by atoms with Crippen LogP contribution >= 0.6 is 11.3 Å². The molecule has 102 valence electrons. The number of nitrogens with zero attached hydrogens (tertiary/aromatic N) is 1. The molecule has 2 rings (SSSR count). The summed E-state index contributed by atoms with van der Waals surface area (Å²) < 4.78 is 5.58. The Morgan fingerprint density at radius 1 is 1.37 bits per heavy atom. The fourth-order valence-corrected chi connectivity index (χ4v) is 2.94. The van der Waals surface area contributed by atoms with E-state index in [0.29, 0.717) is 6.61 Å². The average molecular weight is 276 g/mol. The highest BCUT2D eigenvalue weighted by atomic mass is 32.1. The minimum atomic E-state index is 0.191. The normalized spacial score (nSPS) is 12.4. The Bertz CT molecular complexity index is 524. The lowest BCUT2D eigenvalue weighted by molar-refractivity contribution is 0.339. The van der Waals surface area contributed by atoms with E-state index in [1.54, 1.807) is 11.3 Å². The molecule has 0 saturated carbocycles. The lowest BCUT2D eigenvalue weighted by atomic mass is 10.1. The molecule has 0 aliphatic rings. The van der Waals surface area contributed by atoms with Crippen molar-refractivity contribution in [1.29, 1.82) is 0 Å². The molecule has 1 N–H and O–H groups in total. The van der Waals surface area contributed by atoms with Gasteiger partial charge in [-0.05, 0) is 38.1 Å². The van der Waals surface area contributed by atoms with Crippen molar-refractivity contribution in [2.75, 3.05) is 13.2 Å². The molecule has 0 aliphatic carbocycles. The molecule has 2 aromatic rings. The summed E-state index contributed by atoms with van der Waals surface area (Å²) in [5.41, 5.74) is 1.22. The summed E-state index contributed by atoms with van der Waals surface area (Å²) >= 11 is 1.74. The number of benzene rings is 1. The third-order valence-electron chi connectivity index (χ3n) is 2.83. The molecule has 0 spiro atoms. The number of ether oxygens (including phenoxy) is 1. The van der Waals surface area contributed by atoms with Gasteiger partial charge in [-0.2, -0.15) is 0 Å². The van der Waals surface area contributed by atoms with Crippen LogP contribution in [0.3, 0.4) is 0 Å². The van der Waals surface area contributed by atoms with Gasteiger partial charge in [0.15, 0.2) is 0 Å². The Labute approximate surface area is 118 Å². The summed E-state index contributed by atoms with van der Waals surface area (Å²) in [6.07, 6.45) is 1.96. The Balaban J connectivity index is 2.30. The first kappa shape index (κ1) is 14.0. The number of aryl methyl sites for hydroxylation is 1. The second kappa shape index (κ2) is 6.68. The molecule has 19 heavy (non-hydrogen) atoms. The van der Waals surface area contributed by atoms with Gasteiger partial charge in [-0.25, -0.2) is 4.98 Å². The fourth-order valence-electron chi connectivity index (χ4n) is 2.05. The molecule has 1 atom stereocenters. The molecule has 0 fully saturated rings. The van der Waals surface area contributed by atoms with Crippen LogP contribution in [-0.2, 0) is 0 Å². The molecular formula is C15H20N2OS. The summed E-state index contributed by atoms with van der Waals surface area (Å²) in [6.45, 7) is 7.76.